The first-order chi connectivity index (χ1) is 21.7. The molecule has 1 saturated heterocycles. The van der Waals surface area contributed by atoms with Crippen LogP contribution in [0.5, 0.6) is 17.2 Å². The third kappa shape index (κ3) is 5.87. The van der Waals surface area contributed by atoms with Crippen molar-refractivity contribution in [2.24, 2.45) is 7.05 Å². The molecule has 0 unspecified atom stereocenters. The van der Waals surface area contributed by atoms with Crippen molar-refractivity contribution in [2.75, 3.05) is 26.3 Å². The number of carboxylic acids is 1. The molecule has 0 radical (unpaired) electrons. The zero-order valence-corrected chi connectivity index (χ0v) is 25.5. The highest BCUT2D eigenvalue weighted by molar-refractivity contribution is 6.02. The van der Waals surface area contributed by atoms with Crippen molar-refractivity contribution < 1.29 is 33.7 Å². The summed E-state index contributed by atoms with van der Waals surface area (Å²) in [7, 11) is 1.85. The SMILES string of the molecule is CCOc1cc(C(=O)N2CCC3(CC2)CC(=O)c2cc(-c4cnn(C)c4)ccc2O3)cc(OCC)c1-c1cccc(C(=O)O)c1. The molecule has 3 heterocycles. The fraction of sp³-hybridized carbons (Fsp3) is 0.314. The Morgan fingerprint density at radius 3 is 2.27 bits per heavy atom. The fourth-order valence-electron chi connectivity index (χ4n) is 6.17. The number of fused-ring (bicyclic) bond motifs is 1. The first-order valence-electron chi connectivity index (χ1n) is 15.1. The summed E-state index contributed by atoms with van der Waals surface area (Å²) >= 11 is 0. The lowest BCUT2D eigenvalue weighted by Crippen LogP contribution is -2.52. The van der Waals surface area contributed by atoms with E-state index in [-0.39, 0.29) is 23.7 Å². The van der Waals surface area contributed by atoms with Gasteiger partial charge >= 0.3 is 5.97 Å². The number of carbonyl (C=O) groups is 3. The van der Waals surface area contributed by atoms with E-state index in [9.17, 15) is 19.5 Å². The van der Waals surface area contributed by atoms with E-state index in [0.29, 0.717) is 78.6 Å². The van der Waals surface area contributed by atoms with Crippen LogP contribution in [-0.2, 0) is 7.05 Å². The molecule has 10 heteroatoms. The van der Waals surface area contributed by atoms with Crippen LogP contribution >= 0.6 is 0 Å². The van der Waals surface area contributed by atoms with Crippen LogP contribution in [0.1, 0.15) is 64.2 Å². The number of carboxylic acid groups (broad SMARTS) is 1. The smallest absolute Gasteiger partial charge is 0.335 e. The number of benzene rings is 3. The largest absolute Gasteiger partial charge is 0.493 e. The third-order valence-corrected chi connectivity index (χ3v) is 8.40. The van der Waals surface area contributed by atoms with Crippen LogP contribution < -0.4 is 14.2 Å². The molecule has 1 spiro atoms. The van der Waals surface area contributed by atoms with Gasteiger partial charge in [-0.25, -0.2) is 4.79 Å². The monoisotopic (exact) mass is 609 g/mol. The van der Waals surface area contributed by atoms with Crippen LogP contribution in [-0.4, -0.2) is 69.4 Å². The molecule has 232 valence electrons. The Balaban J connectivity index is 1.22. The van der Waals surface area contributed by atoms with E-state index in [4.69, 9.17) is 14.2 Å². The van der Waals surface area contributed by atoms with Crippen molar-refractivity contribution in [3.63, 3.8) is 0 Å². The Morgan fingerprint density at radius 2 is 1.64 bits per heavy atom. The minimum atomic E-state index is -1.04. The molecule has 6 rings (SSSR count). The molecule has 2 aliphatic heterocycles. The maximum absolute atomic E-state index is 13.8. The van der Waals surface area contributed by atoms with Crippen LogP contribution in [0, 0.1) is 0 Å². The van der Waals surface area contributed by atoms with Crippen LogP contribution in [0.15, 0.2) is 67.0 Å². The van der Waals surface area contributed by atoms with Gasteiger partial charge in [-0.15, -0.1) is 0 Å². The molecule has 1 N–H and O–H groups in total. The summed E-state index contributed by atoms with van der Waals surface area (Å²) in [5.41, 5.74) is 3.51. The molecular weight excluding hydrogens is 574 g/mol. The zero-order chi connectivity index (χ0) is 31.7. The van der Waals surface area contributed by atoms with Gasteiger partial charge in [0.2, 0.25) is 0 Å². The zero-order valence-electron chi connectivity index (χ0n) is 25.5. The summed E-state index contributed by atoms with van der Waals surface area (Å²) in [5, 5.41) is 13.8. The fourth-order valence-corrected chi connectivity index (χ4v) is 6.17. The molecule has 0 atom stereocenters. The molecule has 4 aromatic rings. The first kappa shape index (κ1) is 29.9. The van der Waals surface area contributed by atoms with Crippen molar-refractivity contribution in [1.29, 1.82) is 0 Å². The second-order valence-corrected chi connectivity index (χ2v) is 11.4. The number of hydrogen-bond donors (Lipinski definition) is 1. The predicted octanol–water partition coefficient (Wildman–Crippen LogP) is 5.89. The number of likely N-dealkylation sites (tertiary alicyclic amines) is 1. The molecule has 3 aromatic carbocycles. The van der Waals surface area contributed by atoms with Gasteiger partial charge in [-0.2, -0.15) is 5.10 Å². The lowest BCUT2D eigenvalue weighted by atomic mass is 9.82. The number of ether oxygens (including phenoxy) is 3. The van der Waals surface area contributed by atoms with Crippen LogP contribution in [0.3, 0.4) is 0 Å². The maximum Gasteiger partial charge on any atom is 0.335 e. The van der Waals surface area contributed by atoms with E-state index >= 15 is 0 Å². The van der Waals surface area contributed by atoms with Gasteiger partial charge in [0.15, 0.2) is 5.78 Å². The summed E-state index contributed by atoms with van der Waals surface area (Å²) in [5.74, 6) is 0.263. The second-order valence-electron chi connectivity index (χ2n) is 11.4. The normalized spacial score (nSPS) is 15.4. The number of nitrogens with zero attached hydrogens (tertiary/aromatic N) is 3. The molecular formula is C35H35N3O7. The van der Waals surface area contributed by atoms with Gasteiger partial charge in [0, 0.05) is 50.3 Å². The number of aromatic nitrogens is 2. The molecule has 10 nitrogen and oxygen atoms in total. The van der Waals surface area contributed by atoms with Crippen molar-refractivity contribution in [3.05, 3.63) is 83.7 Å². The van der Waals surface area contributed by atoms with Crippen molar-refractivity contribution in [2.45, 2.75) is 38.7 Å². The standard InChI is InChI=1S/C35H35N3O7/c1-4-43-30-17-25(18-31(44-5-2)32(30)23-7-6-8-24(15-23)34(41)42)33(40)38-13-11-35(12-14-38)19-28(39)27-16-22(9-10-29(27)45-35)26-20-36-37(3)21-26/h6-10,15-18,20-21H,4-5,11-14,19H2,1-3H3,(H,41,42). The van der Waals surface area contributed by atoms with E-state index < -0.39 is 11.6 Å². The minimum Gasteiger partial charge on any atom is -0.493 e. The number of Topliss-reactive ketones (excluding diaryl/α,β-unsaturated/α-hetero) is 1. The van der Waals surface area contributed by atoms with Gasteiger partial charge in [-0.3, -0.25) is 14.3 Å². The number of ketones is 1. The molecule has 1 amide bonds. The van der Waals surface area contributed by atoms with E-state index in [1.54, 1.807) is 46.1 Å². The van der Waals surface area contributed by atoms with Crippen LogP contribution in [0.2, 0.25) is 0 Å². The second kappa shape index (κ2) is 12.1. The third-order valence-electron chi connectivity index (χ3n) is 8.40. The van der Waals surface area contributed by atoms with E-state index in [2.05, 4.69) is 5.10 Å². The van der Waals surface area contributed by atoms with Crippen LogP contribution in [0.25, 0.3) is 22.3 Å². The van der Waals surface area contributed by atoms with Gasteiger partial charge in [0.1, 0.15) is 22.8 Å². The highest BCUT2D eigenvalue weighted by Crippen LogP contribution is 2.43. The number of amides is 1. The van der Waals surface area contributed by atoms with E-state index in [1.807, 2.05) is 45.3 Å². The summed E-state index contributed by atoms with van der Waals surface area (Å²) in [6.45, 7) is 5.23. The van der Waals surface area contributed by atoms with Crippen LogP contribution in [0.4, 0.5) is 0 Å². The first-order valence-corrected chi connectivity index (χ1v) is 15.1. The van der Waals surface area contributed by atoms with Crippen molar-refractivity contribution in [3.8, 4) is 39.5 Å². The average Bonchev–Trinajstić information content (AvgIpc) is 3.47. The molecule has 0 bridgehead atoms. The van der Waals surface area contributed by atoms with E-state index in [0.717, 1.165) is 11.1 Å². The quantitative estimate of drug-likeness (QED) is 0.263. The number of aromatic carboxylic acids is 1. The highest BCUT2D eigenvalue weighted by Gasteiger charge is 2.44. The Bertz CT molecular complexity index is 1760. The Kier molecular flexibility index (Phi) is 8.05. The minimum absolute atomic E-state index is 0.0343. The maximum atomic E-state index is 13.8. The number of hydrogen-bond acceptors (Lipinski definition) is 7. The summed E-state index contributed by atoms with van der Waals surface area (Å²) in [6.07, 6.45) is 4.97. The number of carbonyl (C=O) groups excluding carboxylic acids is 2. The Labute approximate surface area is 261 Å². The van der Waals surface area contributed by atoms with Gasteiger partial charge in [0.25, 0.3) is 5.91 Å². The lowest BCUT2D eigenvalue weighted by molar-refractivity contribution is -0.00573. The lowest BCUT2D eigenvalue weighted by Gasteiger charge is -2.44. The molecule has 0 aliphatic carbocycles. The molecule has 2 aliphatic rings. The molecule has 0 saturated carbocycles. The topological polar surface area (TPSA) is 120 Å². The van der Waals surface area contributed by atoms with Crippen molar-refractivity contribution >= 4 is 17.7 Å². The Hall–Kier alpha value is -5.12. The number of aryl methyl sites for hydroxylation is 1. The van der Waals surface area contributed by atoms with Gasteiger partial charge in [-0.05, 0) is 61.4 Å². The van der Waals surface area contributed by atoms with E-state index in [1.165, 1.54) is 6.07 Å². The van der Waals surface area contributed by atoms with Crippen molar-refractivity contribution in [1.82, 2.24) is 14.7 Å². The Morgan fingerprint density at radius 1 is 0.933 bits per heavy atom. The number of piperidine rings is 1. The van der Waals surface area contributed by atoms with Gasteiger partial charge in [0.05, 0.1) is 42.5 Å². The van der Waals surface area contributed by atoms with Gasteiger partial charge < -0.3 is 24.2 Å². The highest BCUT2D eigenvalue weighted by atomic mass is 16.5. The summed E-state index contributed by atoms with van der Waals surface area (Å²) in [6, 6.07) is 15.6. The molecule has 1 aromatic heterocycles. The summed E-state index contributed by atoms with van der Waals surface area (Å²) in [4.78, 5) is 40.6. The summed E-state index contributed by atoms with van der Waals surface area (Å²) < 4.78 is 20.2. The number of rotatable bonds is 8. The predicted molar refractivity (Wildman–Crippen MR) is 167 cm³/mol. The average molecular weight is 610 g/mol. The molecule has 45 heavy (non-hydrogen) atoms. The molecule has 1 fully saturated rings. The van der Waals surface area contributed by atoms with Gasteiger partial charge in [-0.1, -0.05) is 18.2 Å².